The Hall–Kier alpha value is -0.620. The molecule has 1 aliphatic heterocycles. The van der Waals surface area contributed by atoms with E-state index in [0.29, 0.717) is 6.04 Å². The van der Waals surface area contributed by atoms with Crippen LogP contribution in [0.15, 0.2) is 22.7 Å². The maximum absolute atomic E-state index is 6.01. The smallest absolute Gasteiger partial charge is 0.133 e. The molecular weight excluding hydrogens is 332 g/mol. The van der Waals surface area contributed by atoms with Crippen LogP contribution in [0.3, 0.4) is 0 Å². The fraction of sp³-hybridized carbons (Fsp3) is 0.625. The van der Waals surface area contributed by atoms with E-state index in [9.17, 15) is 0 Å². The minimum atomic E-state index is 0.159. The van der Waals surface area contributed by atoms with Gasteiger partial charge in [0, 0.05) is 19.1 Å². The second-order valence-electron chi connectivity index (χ2n) is 5.64. The van der Waals surface area contributed by atoms with Gasteiger partial charge in [-0.25, -0.2) is 0 Å². The molecule has 2 atom stereocenters. The first-order valence-corrected chi connectivity index (χ1v) is 8.23. The van der Waals surface area contributed by atoms with Crippen molar-refractivity contribution < 1.29 is 9.47 Å². The van der Waals surface area contributed by atoms with E-state index in [2.05, 4.69) is 52.1 Å². The number of hydrogen-bond acceptors (Lipinski definition) is 4. The lowest BCUT2D eigenvalue weighted by atomic mass is 9.96. The molecule has 1 aliphatic rings. The van der Waals surface area contributed by atoms with Gasteiger partial charge in [0.15, 0.2) is 0 Å². The Morgan fingerprint density at radius 1 is 1.48 bits per heavy atom. The van der Waals surface area contributed by atoms with Gasteiger partial charge in [-0.15, -0.1) is 0 Å². The number of methoxy groups -OCH3 is 1. The summed E-state index contributed by atoms with van der Waals surface area (Å²) in [5, 5.41) is 3.25. The second kappa shape index (κ2) is 7.58. The van der Waals surface area contributed by atoms with Gasteiger partial charge >= 0.3 is 0 Å². The fourth-order valence-corrected chi connectivity index (χ4v) is 3.54. The van der Waals surface area contributed by atoms with Crippen molar-refractivity contribution in [2.45, 2.75) is 32.0 Å². The van der Waals surface area contributed by atoms with Gasteiger partial charge in [0.25, 0.3) is 0 Å². The Balaban J connectivity index is 2.34. The van der Waals surface area contributed by atoms with E-state index in [0.717, 1.165) is 29.9 Å². The Kier molecular flexibility index (Phi) is 6.05. The maximum Gasteiger partial charge on any atom is 0.133 e. The molecule has 0 bridgehead atoms. The Bertz CT molecular complexity index is 466. The number of hydrogen-bond donors (Lipinski definition) is 1. The zero-order valence-electron chi connectivity index (χ0n) is 13.2. The van der Waals surface area contributed by atoms with E-state index < -0.39 is 0 Å². The van der Waals surface area contributed by atoms with Crippen LogP contribution < -0.4 is 10.1 Å². The van der Waals surface area contributed by atoms with Crippen molar-refractivity contribution in [2.75, 3.05) is 33.9 Å². The minimum Gasteiger partial charge on any atom is -0.496 e. The summed E-state index contributed by atoms with van der Waals surface area (Å²) < 4.78 is 12.3. The molecule has 1 heterocycles. The molecule has 5 heteroatoms. The molecule has 0 aliphatic carbocycles. The van der Waals surface area contributed by atoms with Crippen molar-refractivity contribution >= 4 is 15.9 Å². The lowest BCUT2D eigenvalue weighted by molar-refractivity contribution is -0.0815. The van der Waals surface area contributed by atoms with Gasteiger partial charge in [-0.2, -0.15) is 0 Å². The van der Waals surface area contributed by atoms with Crippen LogP contribution in [0, 0.1) is 0 Å². The summed E-state index contributed by atoms with van der Waals surface area (Å²) in [6.45, 7) is 7.09. The molecule has 4 nitrogen and oxygen atoms in total. The van der Waals surface area contributed by atoms with Crippen molar-refractivity contribution in [3.05, 3.63) is 28.2 Å². The van der Waals surface area contributed by atoms with Crippen molar-refractivity contribution in [1.82, 2.24) is 10.2 Å². The molecule has 1 fully saturated rings. The van der Waals surface area contributed by atoms with Crippen LogP contribution in [0.2, 0.25) is 0 Å². The topological polar surface area (TPSA) is 33.7 Å². The van der Waals surface area contributed by atoms with Gasteiger partial charge in [-0.1, -0.05) is 6.07 Å². The number of morpholine rings is 1. The molecule has 2 rings (SSSR count). The largest absolute Gasteiger partial charge is 0.496 e. The average Bonchev–Trinajstić information content (AvgIpc) is 2.47. The molecule has 21 heavy (non-hydrogen) atoms. The van der Waals surface area contributed by atoms with Crippen molar-refractivity contribution in [3.8, 4) is 5.75 Å². The maximum atomic E-state index is 6.01. The molecular formula is C16H25BrN2O2. The molecule has 0 saturated carbocycles. The van der Waals surface area contributed by atoms with Crippen LogP contribution in [0.4, 0.5) is 0 Å². The number of rotatable bonds is 5. The zero-order chi connectivity index (χ0) is 15.4. The number of nitrogens with one attached hydrogen (secondary N) is 1. The third-order valence-corrected chi connectivity index (χ3v) is 4.60. The highest BCUT2D eigenvalue weighted by atomic mass is 79.9. The second-order valence-corrected chi connectivity index (χ2v) is 6.49. The molecule has 1 saturated heterocycles. The van der Waals surface area contributed by atoms with E-state index in [1.54, 1.807) is 7.11 Å². The number of ether oxygens (including phenoxy) is 2. The van der Waals surface area contributed by atoms with Gasteiger partial charge in [-0.3, -0.25) is 4.90 Å². The molecule has 0 spiro atoms. The standard InChI is InChI=1S/C16H25BrN2O2/c1-11(2)19-7-8-21-15(10-18-3)16(19)12-5-6-14(20-4)13(17)9-12/h5-6,9,11,15-16,18H,7-8,10H2,1-4H3. The third-order valence-electron chi connectivity index (χ3n) is 3.98. The fourth-order valence-electron chi connectivity index (χ4n) is 2.98. The van der Waals surface area contributed by atoms with Crippen LogP contribution in [0.5, 0.6) is 5.75 Å². The SMILES string of the molecule is CNCC1OCCN(C(C)C)C1c1ccc(OC)c(Br)c1. The molecule has 0 radical (unpaired) electrons. The minimum absolute atomic E-state index is 0.159. The predicted octanol–water partition coefficient (Wildman–Crippen LogP) is 2.83. The van der Waals surface area contributed by atoms with Crippen molar-refractivity contribution in [2.24, 2.45) is 0 Å². The molecule has 0 aromatic heterocycles. The lowest BCUT2D eigenvalue weighted by Crippen LogP contribution is -2.51. The molecule has 2 unspecified atom stereocenters. The number of nitrogens with zero attached hydrogens (tertiary/aromatic N) is 1. The van der Waals surface area contributed by atoms with Crippen molar-refractivity contribution in [3.63, 3.8) is 0 Å². The predicted molar refractivity (Wildman–Crippen MR) is 88.9 cm³/mol. The summed E-state index contributed by atoms with van der Waals surface area (Å²) in [5.41, 5.74) is 1.26. The molecule has 1 aromatic rings. The summed E-state index contributed by atoms with van der Waals surface area (Å²) >= 11 is 3.59. The summed E-state index contributed by atoms with van der Waals surface area (Å²) in [6.07, 6.45) is 0.159. The van der Waals surface area contributed by atoms with Gasteiger partial charge in [0.2, 0.25) is 0 Å². The van der Waals surface area contributed by atoms with Crippen LogP contribution >= 0.6 is 15.9 Å². The molecule has 1 N–H and O–H groups in total. The highest BCUT2D eigenvalue weighted by molar-refractivity contribution is 9.10. The first kappa shape index (κ1) is 16.7. The summed E-state index contributed by atoms with van der Waals surface area (Å²) in [6, 6.07) is 7.05. The molecule has 118 valence electrons. The number of halogens is 1. The summed E-state index contributed by atoms with van der Waals surface area (Å²) in [5.74, 6) is 0.858. The van der Waals surface area contributed by atoms with Gasteiger partial charge in [0.1, 0.15) is 5.75 Å². The van der Waals surface area contributed by atoms with Gasteiger partial charge in [0.05, 0.1) is 30.3 Å². The van der Waals surface area contributed by atoms with E-state index in [-0.39, 0.29) is 12.1 Å². The van der Waals surface area contributed by atoms with Crippen LogP contribution in [0.1, 0.15) is 25.5 Å². The molecule has 0 amide bonds. The Morgan fingerprint density at radius 3 is 2.81 bits per heavy atom. The summed E-state index contributed by atoms with van der Waals surface area (Å²) in [7, 11) is 3.66. The number of benzene rings is 1. The first-order chi connectivity index (χ1) is 10.1. The van der Waals surface area contributed by atoms with E-state index in [1.165, 1.54) is 5.56 Å². The normalized spacial score (nSPS) is 23.5. The highest BCUT2D eigenvalue weighted by Crippen LogP contribution is 2.35. The monoisotopic (exact) mass is 356 g/mol. The zero-order valence-corrected chi connectivity index (χ0v) is 14.8. The number of likely N-dealkylation sites (N-methyl/N-ethyl adjacent to an activating group) is 1. The van der Waals surface area contributed by atoms with E-state index in [1.807, 2.05) is 13.1 Å². The highest BCUT2D eigenvalue weighted by Gasteiger charge is 2.34. The van der Waals surface area contributed by atoms with Crippen LogP contribution in [-0.4, -0.2) is 50.9 Å². The third kappa shape index (κ3) is 3.77. The lowest BCUT2D eigenvalue weighted by Gasteiger charge is -2.43. The van der Waals surface area contributed by atoms with E-state index in [4.69, 9.17) is 9.47 Å². The van der Waals surface area contributed by atoms with Crippen LogP contribution in [-0.2, 0) is 4.74 Å². The van der Waals surface area contributed by atoms with Crippen LogP contribution in [0.25, 0.3) is 0 Å². The molecule has 1 aromatic carbocycles. The van der Waals surface area contributed by atoms with E-state index >= 15 is 0 Å². The van der Waals surface area contributed by atoms with Gasteiger partial charge in [-0.05, 0) is 54.5 Å². The average molecular weight is 357 g/mol. The van der Waals surface area contributed by atoms with Gasteiger partial charge < -0.3 is 14.8 Å². The van der Waals surface area contributed by atoms with Crippen molar-refractivity contribution in [1.29, 1.82) is 0 Å². The first-order valence-electron chi connectivity index (χ1n) is 7.43. The summed E-state index contributed by atoms with van der Waals surface area (Å²) in [4.78, 5) is 2.51. The Labute approximate surface area is 135 Å². The Morgan fingerprint density at radius 2 is 2.24 bits per heavy atom. The quantitative estimate of drug-likeness (QED) is 0.879.